The first-order chi connectivity index (χ1) is 5.83. The van der Waals surface area contributed by atoms with E-state index in [1.54, 1.807) is 0 Å². The summed E-state index contributed by atoms with van der Waals surface area (Å²) in [6.45, 7) is 11.3. The number of rotatable bonds is 5. The summed E-state index contributed by atoms with van der Waals surface area (Å²) in [4.78, 5) is 2.24. The van der Waals surface area contributed by atoms with Crippen molar-refractivity contribution in [1.82, 2.24) is 10.2 Å². The minimum atomic E-state index is 0.453. The predicted molar refractivity (Wildman–Crippen MR) is 60.1 cm³/mol. The lowest BCUT2D eigenvalue weighted by atomic mass is 9.92. The molecular weight excluding hydrogens is 160 g/mol. The van der Waals surface area contributed by atoms with Crippen LogP contribution in [-0.4, -0.2) is 38.1 Å². The molecule has 0 bridgehead atoms. The first kappa shape index (κ1) is 12.9. The molecule has 0 saturated carbocycles. The molecule has 1 unspecified atom stereocenters. The van der Waals surface area contributed by atoms with Gasteiger partial charge in [0.25, 0.3) is 0 Å². The van der Waals surface area contributed by atoms with Crippen LogP contribution < -0.4 is 5.32 Å². The van der Waals surface area contributed by atoms with Crippen molar-refractivity contribution in [3.05, 3.63) is 0 Å². The smallest absolute Gasteiger partial charge is 0.0186 e. The molecule has 0 aliphatic rings. The Morgan fingerprint density at radius 1 is 1.23 bits per heavy atom. The van der Waals surface area contributed by atoms with Crippen LogP contribution in [0.2, 0.25) is 0 Å². The molecule has 0 aromatic carbocycles. The van der Waals surface area contributed by atoms with Crippen molar-refractivity contribution in [3.63, 3.8) is 0 Å². The number of hydrogen-bond donors (Lipinski definition) is 1. The second kappa shape index (κ2) is 5.61. The third-order valence-electron chi connectivity index (χ3n) is 2.37. The molecule has 0 saturated heterocycles. The fourth-order valence-electron chi connectivity index (χ4n) is 0.957. The molecular formula is C11H26N2. The van der Waals surface area contributed by atoms with Gasteiger partial charge in [-0.1, -0.05) is 20.8 Å². The molecule has 0 aromatic rings. The fourth-order valence-corrected chi connectivity index (χ4v) is 0.957. The van der Waals surface area contributed by atoms with Gasteiger partial charge in [0, 0.05) is 12.6 Å². The molecule has 1 atom stereocenters. The van der Waals surface area contributed by atoms with Crippen LogP contribution in [0.15, 0.2) is 0 Å². The molecule has 0 heterocycles. The van der Waals surface area contributed by atoms with Crippen molar-refractivity contribution < 1.29 is 0 Å². The van der Waals surface area contributed by atoms with E-state index in [1.807, 2.05) is 0 Å². The van der Waals surface area contributed by atoms with Crippen molar-refractivity contribution in [2.45, 2.75) is 40.2 Å². The van der Waals surface area contributed by atoms with Gasteiger partial charge in [0.1, 0.15) is 0 Å². The molecule has 0 aliphatic carbocycles. The van der Waals surface area contributed by atoms with E-state index in [-0.39, 0.29) is 0 Å². The second-order valence-corrected chi connectivity index (χ2v) is 5.33. The number of likely N-dealkylation sites (N-methyl/N-ethyl adjacent to an activating group) is 1. The van der Waals surface area contributed by atoms with Crippen LogP contribution in [0.25, 0.3) is 0 Å². The normalized spacial score (nSPS) is 15.0. The molecule has 0 rings (SSSR count). The van der Waals surface area contributed by atoms with Gasteiger partial charge in [-0.25, -0.2) is 0 Å². The largest absolute Gasteiger partial charge is 0.315 e. The van der Waals surface area contributed by atoms with Gasteiger partial charge in [-0.2, -0.15) is 0 Å². The van der Waals surface area contributed by atoms with E-state index in [0.29, 0.717) is 11.5 Å². The first-order valence-electron chi connectivity index (χ1n) is 5.20. The summed E-state index contributed by atoms with van der Waals surface area (Å²) in [5, 5.41) is 3.48. The molecule has 13 heavy (non-hydrogen) atoms. The van der Waals surface area contributed by atoms with E-state index in [0.717, 1.165) is 13.1 Å². The SMILES string of the molecule is CC(CNCCC(C)(C)C)N(C)C. The zero-order valence-electron chi connectivity index (χ0n) is 10.1. The third kappa shape index (κ3) is 8.26. The Hall–Kier alpha value is -0.0800. The Kier molecular flexibility index (Phi) is 5.57. The number of nitrogens with zero attached hydrogens (tertiary/aromatic N) is 1. The van der Waals surface area contributed by atoms with E-state index in [4.69, 9.17) is 0 Å². The Morgan fingerprint density at radius 2 is 1.77 bits per heavy atom. The summed E-state index contributed by atoms with van der Waals surface area (Å²) in [5.74, 6) is 0. The second-order valence-electron chi connectivity index (χ2n) is 5.33. The van der Waals surface area contributed by atoms with Gasteiger partial charge in [0.15, 0.2) is 0 Å². The lowest BCUT2D eigenvalue weighted by Crippen LogP contribution is -2.36. The fraction of sp³-hybridized carbons (Fsp3) is 1.00. The highest BCUT2D eigenvalue weighted by atomic mass is 15.1. The first-order valence-corrected chi connectivity index (χ1v) is 5.20. The average Bonchev–Trinajstić information content (AvgIpc) is 1.95. The topological polar surface area (TPSA) is 15.3 Å². The lowest BCUT2D eigenvalue weighted by Gasteiger charge is -2.22. The third-order valence-corrected chi connectivity index (χ3v) is 2.37. The molecule has 0 aromatic heterocycles. The summed E-state index contributed by atoms with van der Waals surface area (Å²) in [6, 6.07) is 0.625. The van der Waals surface area contributed by atoms with Crippen LogP contribution in [-0.2, 0) is 0 Å². The maximum atomic E-state index is 3.48. The molecule has 2 nitrogen and oxygen atoms in total. The zero-order valence-corrected chi connectivity index (χ0v) is 10.1. The van der Waals surface area contributed by atoms with Crippen LogP contribution in [0.1, 0.15) is 34.1 Å². The van der Waals surface area contributed by atoms with E-state index in [1.165, 1.54) is 6.42 Å². The van der Waals surface area contributed by atoms with Crippen molar-refractivity contribution in [1.29, 1.82) is 0 Å². The molecule has 0 spiro atoms. The molecule has 1 N–H and O–H groups in total. The highest BCUT2D eigenvalue weighted by molar-refractivity contribution is 4.66. The van der Waals surface area contributed by atoms with Crippen molar-refractivity contribution >= 4 is 0 Å². The highest BCUT2D eigenvalue weighted by Crippen LogP contribution is 2.16. The summed E-state index contributed by atoms with van der Waals surface area (Å²) in [6.07, 6.45) is 1.24. The van der Waals surface area contributed by atoms with Gasteiger partial charge in [-0.05, 0) is 39.4 Å². The Morgan fingerprint density at radius 3 is 2.15 bits per heavy atom. The molecule has 0 fully saturated rings. The summed E-state index contributed by atoms with van der Waals surface area (Å²) < 4.78 is 0. The van der Waals surface area contributed by atoms with Crippen LogP contribution in [0, 0.1) is 5.41 Å². The maximum absolute atomic E-state index is 3.48. The van der Waals surface area contributed by atoms with Crippen LogP contribution >= 0.6 is 0 Å². The van der Waals surface area contributed by atoms with Gasteiger partial charge < -0.3 is 10.2 Å². The standard InChI is InChI=1S/C11H26N2/c1-10(13(5)6)9-12-8-7-11(2,3)4/h10,12H,7-9H2,1-6H3. The Balaban J connectivity index is 3.36. The van der Waals surface area contributed by atoms with Crippen molar-refractivity contribution in [3.8, 4) is 0 Å². The van der Waals surface area contributed by atoms with Crippen LogP contribution in [0.3, 0.4) is 0 Å². The number of nitrogens with one attached hydrogen (secondary N) is 1. The van der Waals surface area contributed by atoms with Gasteiger partial charge in [0.2, 0.25) is 0 Å². The molecule has 0 aliphatic heterocycles. The minimum absolute atomic E-state index is 0.453. The number of hydrogen-bond acceptors (Lipinski definition) is 2. The van der Waals surface area contributed by atoms with E-state index < -0.39 is 0 Å². The van der Waals surface area contributed by atoms with Gasteiger partial charge >= 0.3 is 0 Å². The van der Waals surface area contributed by atoms with Gasteiger partial charge in [-0.15, -0.1) is 0 Å². The molecule has 80 valence electrons. The van der Waals surface area contributed by atoms with Crippen molar-refractivity contribution in [2.75, 3.05) is 27.2 Å². The van der Waals surface area contributed by atoms with Crippen LogP contribution in [0.5, 0.6) is 0 Å². The maximum Gasteiger partial charge on any atom is 0.0186 e. The molecule has 0 amide bonds. The molecule has 0 radical (unpaired) electrons. The zero-order chi connectivity index (χ0) is 10.5. The van der Waals surface area contributed by atoms with E-state index >= 15 is 0 Å². The predicted octanol–water partition coefficient (Wildman–Crippen LogP) is 1.96. The summed E-state index contributed by atoms with van der Waals surface area (Å²) in [5.41, 5.74) is 0.453. The van der Waals surface area contributed by atoms with Gasteiger partial charge in [0.05, 0.1) is 0 Å². The highest BCUT2D eigenvalue weighted by Gasteiger charge is 2.09. The minimum Gasteiger partial charge on any atom is -0.315 e. The van der Waals surface area contributed by atoms with E-state index in [2.05, 4.69) is 52.0 Å². The van der Waals surface area contributed by atoms with Crippen LogP contribution in [0.4, 0.5) is 0 Å². The molecule has 2 heteroatoms. The monoisotopic (exact) mass is 186 g/mol. The Labute approximate surface area is 83.7 Å². The average molecular weight is 186 g/mol. The Bertz CT molecular complexity index is 125. The summed E-state index contributed by atoms with van der Waals surface area (Å²) >= 11 is 0. The van der Waals surface area contributed by atoms with E-state index in [9.17, 15) is 0 Å². The lowest BCUT2D eigenvalue weighted by molar-refractivity contribution is 0.293. The summed E-state index contributed by atoms with van der Waals surface area (Å²) in [7, 11) is 4.24. The van der Waals surface area contributed by atoms with Crippen molar-refractivity contribution in [2.24, 2.45) is 5.41 Å². The van der Waals surface area contributed by atoms with Gasteiger partial charge in [-0.3, -0.25) is 0 Å². The quantitative estimate of drug-likeness (QED) is 0.660.